The summed E-state index contributed by atoms with van der Waals surface area (Å²) in [5.74, 6) is -1.60. The summed E-state index contributed by atoms with van der Waals surface area (Å²) >= 11 is 0. The first kappa shape index (κ1) is 12.4. The Kier molecular flexibility index (Phi) is 3.98. The zero-order valence-electron chi connectivity index (χ0n) is 8.60. The molecule has 8 heteroatoms. The maximum atomic E-state index is 11.2. The van der Waals surface area contributed by atoms with E-state index in [2.05, 4.69) is 26.6 Å². The summed E-state index contributed by atoms with van der Waals surface area (Å²) in [6.07, 6.45) is 1.37. The highest BCUT2D eigenvalue weighted by atomic mass is 16.5. The molecule has 1 aromatic heterocycles. The Bertz CT molecular complexity index is 508. The number of nitrogens with one attached hydrogen (secondary N) is 2. The van der Waals surface area contributed by atoms with Gasteiger partial charge in [0.15, 0.2) is 0 Å². The molecule has 17 heavy (non-hydrogen) atoms. The topological polar surface area (TPSA) is 121 Å². The molecule has 0 aliphatic heterocycles. The third kappa shape index (κ3) is 3.45. The molecule has 8 nitrogen and oxygen atoms in total. The van der Waals surface area contributed by atoms with Gasteiger partial charge in [-0.25, -0.2) is 14.6 Å². The number of nitrogens with zero attached hydrogens (tertiary/aromatic N) is 1. The lowest BCUT2D eigenvalue weighted by molar-refractivity contribution is 0.0694. The number of H-pyrrole nitrogens is 1. The molecule has 1 aromatic rings. The van der Waals surface area contributed by atoms with Gasteiger partial charge in [-0.3, -0.25) is 15.1 Å². The van der Waals surface area contributed by atoms with E-state index in [1.807, 2.05) is 0 Å². The van der Waals surface area contributed by atoms with Gasteiger partial charge in [0, 0.05) is 0 Å². The highest BCUT2D eigenvalue weighted by Crippen LogP contribution is 1.96. The predicted molar refractivity (Wildman–Crippen MR) is 57.0 cm³/mol. The van der Waals surface area contributed by atoms with Crippen molar-refractivity contribution in [1.82, 2.24) is 9.97 Å². The highest BCUT2D eigenvalue weighted by molar-refractivity contribution is 5.87. The molecule has 0 fully saturated rings. The van der Waals surface area contributed by atoms with Crippen LogP contribution >= 0.6 is 0 Å². The minimum atomic E-state index is -1.40. The van der Waals surface area contributed by atoms with E-state index >= 15 is 0 Å². The van der Waals surface area contributed by atoms with Crippen LogP contribution in [0.15, 0.2) is 23.6 Å². The van der Waals surface area contributed by atoms with Crippen molar-refractivity contribution in [2.45, 2.75) is 0 Å². The molecule has 0 spiro atoms. The van der Waals surface area contributed by atoms with E-state index in [0.717, 1.165) is 6.20 Å². The normalized spacial score (nSPS) is 9.41. The molecule has 90 valence electrons. The summed E-state index contributed by atoms with van der Waals surface area (Å²) in [5.41, 5.74) is -1.39. The lowest BCUT2D eigenvalue weighted by Gasteiger charge is -2.03. The van der Waals surface area contributed by atoms with Crippen LogP contribution in [-0.4, -0.2) is 33.7 Å². The van der Waals surface area contributed by atoms with Crippen LogP contribution in [0.3, 0.4) is 0 Å². The average molecular weight is 239 g/mol. The number of carbonyl (C=O) groups excluding carboxylic acids is 1. The van der Waals surface area contributed by atoms with E-state index in [1.54, 1.807) is 0 Å². The predicted octanol–water partition coefficient (Wildman–Crippen LogP) is 0.203. The number of ether oxygens (including phenoxy) is 1. The van der Waals surface area contributed by atoms with Gasteiger partial charge < -0.3 is 9.84 Å². The smallest absolute Gasteiger partial charge is 0.414 e. The SMILES string of the molecule is C=CCOC(=O)Nc1ncc(C(=O)O)c(=O)[nH]1. The van der Waals surface area contributed by atoms with Crippen molar-refractivity contribution in [3.8, 4) is 0 Å². The lowest BCUT2D eigenvalue weighted by Crippen LogP contribution is -2.22. The maximum absolute atomic E-state index is 11.2. The van der Waals surface area contributed by atoms with Gasteiger partial charge in [-0.15, -0.1) is 0 Å². The van der Waals surface area contributed by atoms with Crippen LogP contribution in [0.25, 0.3) is 0 Å². The van der Waals surface area contributed by atoms with Crippen LogP contribution in [0.5, 0.6) is 0 Å². The highest BCUT2D eigenvalue weighted by Gasteiger charge is 2.11. The van der Waals surface area contributed by atoms with Gasteiger partial charge in [0.2, 0.25) is 5.95 Å². The number of amides is 1. The number of aromatic amines is 1. The van der Waals surface area contributed by atoms with Crippen molar-refractivity contribution in [3.05, 3.63) is 34.8 Å². The van der Waals surface area contributed by atoms with Crippen LogP contribution in [0.1, 0.15) is 10.4 Å². The summed E-state index contributed by atoms with van der Waals surface area (Å²) in [6, 6.07) is 0. The summed E-state index contributed by atoms with van der Waals surface area (Å²) in [4.78, 5) is 38.4. The van der Waals surface area contributed by atoms with Gasteiger partial charge in [0.05, 0.1) is 6.20 Å². The molecule has 0 atom stereocenters. The Morgan fingerprint density at radius 2 is 2.35 bits per heavy atom. The van der Waals surface area contributed by atoms with Crippen molar-refractivity contribution in [2.24, 2.45) is 0 Å². The second-order valence-electron chi connectivity index (χ2n) is 2.79. The minimum Gasteiger partial charge on any atom is -0.477 e. The van der Waals surface area contributed by atoms with Crippen molar-refractivity contribution in [2.75, 3.05) is 11.9 Å². The molecule has 0 saturated carbocycles. The van der Waals surface area contributed by atoms with Gasteiger partial charge in [-0.05, 0) is 0 Å². The maximum Gasteiger partial charge on any atom is 0.414 e. The fraction of sp³-hybridized carbons (Fsp3) is 0.111. The van der Waals surface area contributed by atoms with E-state index in [-0.39, 0.29) is 12.6 Å². The molecule has 0 radical (unpaired) electrons. The molecule has 0 saturated heterocycles. The first-order valence-electron chi connectivity index (χ1n) is 4.42. The van der Waals surface area contributed by atoms with Gasteiger partial charge >= 0.3 is 12.1 Å². The van der Waals surface area contributed by atoms with Gasteiger partial charge in [0.1, 0.15) is 12.2 Å². The molecule has 0 unspecified atom stereocenters. The van der Waals surface area contributed by atoms with Crippen LogP contribution in [0.2, 0.25) is 0 Å². The number of carboxylic acids is 1. The van der Waals surface area contributed by atoms with Crippen LogP contribution in [-0.2, 0) is 4.74 Å². The van der Waals surface area contributed by atoms with E-state index in [1.165, 1.54) is 6.08 Å². The average Bonchev–Trinajstić information content (AvgIpc) is 2.26. The number of hydrogen-bond donors (Lipinski definition) is 3. The Hall–Kier alpha value is -2.64. The fourth-order valence-corrected chi connectivity index (χ4v) is 0.878. The number of hydrogen-bond acceptors (Lipinski definition) is 5. The van der Waals surface area contributed by atoms with Crippen molar-refractivity contribution in [1.29, 1.82) is 0 Å². The fourth-order valence-electron chi connectivity index (χ4n) is 0.878. The number of carboxylic acid groups (broad SMARTS) is 1. The zero-order chi connectivity index (χ0) is 12.8. The van der Waals surface area contributed by atoms with Crippen molar-refractivity contribution >= 4 is 18.0 Å². The summed E-state index contributed by atoms with van der Waals surface area (Å²) in [7, 11) is 0. The lowest BCUT2D eigenvalue weighted by atomic mass is 10.3. The van der Waals surface area contributed by atoms with E-state index in [9.17, 15) is 14.4 Å². The number of carbonyl (C=O) groups is 2. The first-order valence-corrected chi connectivity index (χ1v) is 4.42. The third-order valence-corrected chi connectivity index (χ3v) is 1.58. The van der Waals surface area contributed by atoms with Crippen LogP contribution in [0.4, 0.5) is 10.7 Å². The number of aromatic carboxylic acids is 1. The van der Waals surface area contributed by atoms with E-state index in [0.29, 0.717) is 0 Å². The number of anilines is 1. The molecule has 3 N–H and O–H groups in total. The van der Waals surface area contributed by atoms with Crippen molar-refractivity contribution < 1.29 is 19.4 Å². The molecule has 0 aliphatic carbocycles. The first-order chi connectivity index (χ1) is 8.04. The zero-order valence-corrected chi connectivity index (χ0v) is 8.60. The second-order valence-corrected chi connectivity index (χ2v) is 2.79. The monoisotopic (exact) mass is 239 g/mol. The molecule has 1 rings (SSSR count). The molecule has 0 aliphatic rings. The molecular formula is C9H9N3O5. The molecule has 1 amide bonds. The van der Waals surface area contributed by atoms with E-state index in [4.69, 9.17) is 5.11 Å². The largest absolute Gasteiger partial charge is 0.477 e. The Morgan fingerprint density at radius 1 is 1.65 bits per heavy atom. The van der Waals surface area contributed by atoms with Gasteiger partial charge in [-0.2, -0.15) is 0 Å². The Labute approximate surface area is 94.9 Å². The standard InChI is InChI=1S/C9H9N3O5/c1-2-3-17-9(16)12-8-10-4-5(7(14)15)6(13)11-8/h2,4H,1,3H2,(H,14,15)(H2,10,11,12,13,16). The quantitative estimate of drug-likeness (QED) is 0.645. The molecule has 1 heterocycles. The van der Waals surface area contributed by atoms with Crippen molar-refractivity contribution in [3.63, 3.8) is 0 Å². The van der Waals surface area contributed by atoms with Gasteiger partial charge in [0.25, 0.3) is 5.56 Å². The van der Waals surface area contributed by atoms with E-state index < -0.39 is 23.2 Å². The summed E-state index contributed by atoms with van der Waals surface area (Å²) < 4.78 is 4.57. The van der Waals surface area contributed by atoms with Gasteiger partial charge in [-0.1, -0.05) is 12.7 Å². The molecule has 0 aromatic carbocycles. The third-order valence-electron chi connectivity index (χ3n) is 1.58. The summed E-state index contributed by atoms with van der Waals surface area (Å²) in [5, 5.41) is 10.7. The molecule has 0 bridgehead atoms. The number of rotatable bonds is 4. The summed E-state index contributed by atoms with van der Waals surface area (Å²) in [6.45, 7) is 3.34. The van der Waals surface area contributed by atoms with Crippen LogP contribution < -0.4 is 10.9 Å². The number of aromatic nitrogens is 2. The Balaban J connectivity index is 2.77. The van der Waals surface area contributed by atoms with Crippen LogP contribution in [0, 0.1) is 0 Å². The Morgan fingerprint density at radius 3 is 2.88 bits per heavy atom. The minimum absolute atomic E-state index is 0.00325. The second kappa shape index (κ2) is 5.45. The molecular weight excluding hydrogens is 230 g/mol.